The molecule has 3 heteroatoms. The number of rotatable bonds is 0. The van der Waals surface area contributed by atoms with Gasteiger partial charge in [-0.2, -0.15) is 0 Å². The van der Waals surface area contributed by atoms with Crippen LogP contribution in [0.2, 0.25) is 0 Å². The molecule has 0 aliphatic carbocycles. The first kappa shape index (κ1) is 92.7. The number of quaternary nitrogens is 1. The largest absolute Gasteiger partial charge is 1.00 e. The van der Waals surface area contributed by atoms with Crippen molar-refractivity contribution in [3.63, 3.8) is 0 Å². The molecule has 0 bridgehead atoms. The molecule has 67 valence electrons. The van der Waals surface area contributed by atoms with Gasteiger partial charge in [-0.25, -0.2) is 0 Å². The van der Waals surface area contributed by atoms with Gasteiger partial charge in [0.15, 0.2) is 0 Å². The molecule has 0 saturated carbocycles. The lowest BCUT2D eigenvalue weighted by Crippen LogP contribution is -3.00. The smallest absolute Gasteiger partial charge is 0 e. The Labute approximate surface area is 72.7 Å². The lowest BCUT2D eigenvalue weighted by atomic mass is 10.8. The summed E-state index contributed by atoms with van der Waals surface area (Å²) in [7, 11) is 0. The third-order valence-electron chi connectivity index (χ3n) is 0. The molecule has 11 heavy (non-hydrogen) atoms. The van der Waals surface area contributed by atoms with E-state index in [-0.39, 0.29) is 19.3 Å². The maximum atomic E-state index is 3.00. The van der Waals surface area contributed by atoms with Crippen LogP contribution in [-0.4, -0.2) is 8.41 Å². The summed E-state index contributed by atoms with van der Waals surface area (Å²) in [5.41, 5.74) is 0. The molecule has 0 aromatic carbocycles. The van der Waals surface area contributed by atoms with Gasteiger partial charge in [0.2, 0.25) is 0 Å². The zero-order valence-corrected chi connectivity index (χ0v) is 7.61. The minimum absolute atomic E-state index is 0. The second kappa shape index (κ2) is 474. The first-order valence-electron chi connectivity index (χ1n) is 2.00. The van der Waals surface area contributed by atoms with Crippen molar-refractivity contribution in [1.29, 1.82) is 0 Å². The van der Waals surface area contributed by atoms with Gasteiger partial charge in [-0.05, 0) is 0 Å². The monoisotopic (exact) mass is 160 g/mol. The van der Waals surface area contributed by atoms with E-state index in [0.29, 0.717) is 0 Å². The van der Waals surface area contributed by atoms with Gasteiger partial charge in [-0.1, -0.05) is 0 Å². The van der Waals surface area contributed by atoms with Crippen LogP contribution in [0, 0.1) is 0 Å². The van der Waals surface area contributed by atoms with E-state index >= 15 is 0 Å². The van der Waals surface area contributed by atoms with Gasteiger partial charge in [0.05, 0.1) is 0 Å². The van der Waals surface area contributed by atoms with Crippen LogP contribution in [0.4, 0.5) is 0 Å². The molecule has 0 unspecified atom stereocenters. The van der Waals surface area contributed by atoms with Crippen molar-refractivity contribution >= 4 is 8.41 Å². The maximum Gasteiger partial charge on any atom is 0 e. The Balaban J connectivity index is -0.00000000356. The molecular weight excluding hydrogens is 140 g/mol. The Bertz CT molecular complexity index is 22.1. The fourth-order valence-electron chi connectivity index (χ4n) is 0. The quantitative estimate of drug-likeness (QED) is 0.388. The predicted molar refractivity (Wildman–Crippen MR) is 56.8 cm³/mol. The first-order chi connectivity index (χ1) is 4.00. The number of hydrogen-bond donors (Lipinski definition) is 1. The molecule has 0 atom stereocenters. The molecule has 3 radical (unpaired) electrons. The van der Waals surface area contributed by atoms with E-state index in [1.165, 1.54) is 0 Å². The highest BCUT2D eigenvalue weighted by atomic mass is 19.0. The first-order valence-corrected chi connectivity index (χ1v) is 2.00. The summed E-state index contributed by atoms with van der Waals surface area (Å²) in [6.07, 6.45) is 0. The summed E-state index contributed by atoms with van der Waals surface area (Å²) in [6, 6.07) is 0. The zero-order valence-electron chi connectivity index (χ0n) is 7.61. The van der Waals surface area contributed by atoms with Crippen molar-refractivity contribution < 1.29 is 4.70 Å². The van der Waals surface area contributed by atoms with Crippen molar-refractivity contribution in [2.24, 2.45) is 0 Å². The van der Waals surface area contributed by atoms with Crippen LogP contribution in [-0.2, 0) is 0 Å². The minimum atomic E-state index is 0. The second-order valence-corrected chi connectivity index (χ2v) is 0. The predicted octanol–water partition coefficient (Wildman–Crippen LogP) is 0.208. The average molecular weight is 160 g/mol. The van der Waals surface area contributed by atoms with E-state index in [9.17, 15) is 0 Å². The van der Waals surface area contributed by atoms with E-state index < -0.39 is 0 Å². The van der Waals surface area contributed by atoms with E-state index in [0.717, 1.165) is 0 Å². The number of halogens is 1. The Morgan fingerprint density at radius 3 is 0.455 bits per heavy atom. The van der Waals surface area contributed by atoms with Gasteiger partial charge in [0, 0.05) is 8.41 Å². The van der Waals surface area contributed by atoms with Crippen molar-refractivity contribution in [3.8, 4) is 0 Å². The normalized spacial score (nSPS) is 1.45. The van der Waals surface area contributed by atoms with Gasteiger partial charge in [0.25, 0.3) is 0 Å². The molecule has 0 aliphatic rings. The summed E-state index contributed by atoms with van der Waals surface area (Å²) in [4.78, 5) is 0. The molecule has 1 nitrogen and oxygen atoms in total. The highest BCUT2D eigenvalue weighted by Gasteiger charge is 0.607. The third-order valence-corrected chi connectivity index (χ3v) is 0. The van der Waals surface area contributed by atoms with Crippen molar-refractivity contribution in [3.05, 3.63) is 52.6 Å². The molecule has 0 aromatic heterocycles. The van der Waals surface area contributed by atoms with Crippen molar-refractivity contribution in [2.45, 2.75) is 0 Å². The molecule has 0 amide bonds. The van der Waals surface area contributed by atoms with Gasteiger partial charge in [-0.3, -0.25) is 0 Å². The lowest BCUT2D eigenvalue weighted by molar-refractivity contribution is -0.00000253. The van der Waals surface area contributed by atoms with Crippen LogP contribution in [0.15, 0.2) is 52.6 Å². The Hall–Kier alpha value is -1.09. The maximum absolute atomic E-state index is 3.00. The number of hydrogen-bond acceptors (Lipinski definition) is 0. The topological polar surface area (TPSA) is 36.5 Å². The van der Waals surface area contributed by atoms with Crippen LogP contribution in [0.25, 0.3) is 0 Å². The second-order valence-electron chi connectivity index (χ2n) is 0. The molecule has 0 aliphatic heterocycles. The molecule has 4 N–H and O–H groups in total. The molecule has 0 spiro atoms. The fraction of sp³-hybridized carbons (Fsp3) is 0. The zero-order chi connectivity index (χ0) is 8.00. The summed E-state index contributed by atoms with van der Waals surface area (Å²) in [5, 5.41) is 0. The Morgan fingerprint density at radius 2 is 0.455 bits per heavy atom. The van der Waals surface area contributed by atoms with E-state index in [2.05, 4.69) is 52.6 Å². The minimum Gasteiger partial charge on any atom is -1.00 e. The highest BCUT2D eigenvalue weighted by Crippen LogP contribution is 0.868. The van der Waals surface area contributed by atoms with E-state index in [4.69, 9.17) is 0 Å². The summed E-state index contributed by atoms with van der Waals surface area (Å²) >= 11 is 0. The average Bonchev–Trinajstić information content (AvgIpc) is 2.03. The molecule has 0 heterocycles. The van der Waals surface area contributed by atoms with Crippen molar-refractivity contribution in [1.82, 2.24) is 6.15 Å². The van der Waals surface area contributed by atoms with Crippen LogP contribution in [0.1, 0.15) is 0 Å². The standard InChI is InChI=1S/4C2H4.B.FH.H3N/c4*1-2;;;/h4*1-2H2;;1H;1H3. The molecule has 0 aromatic rings. The SMILES string of the molecule is C=C.C=C.C=C.C=C.[B].[F-].[NH4+]. The van der Waals surface area contributed by atoms with Crippen LogP contribution < -0.4 is 10.9 Å². The molecular formula is C8H20BFN. The van der Waals surface area contributed by atoms with Gasteiger partial charge < -0.3 is 10.9 Å². The third kappa shape index (κ3) is 362. The fourth-order valence-corrected chi connectivity index (χ4v) is 0. The van der Waals surface area contributed by atoms with Gasteiger partial charge in [0.1, 0.15) is 0 Å². The molecule has 0 saturated heterocycles. The molecule has 0 rings (SSSR count). The van der Waals surface area contributed by atoms with Crippen LogP contribution in [0.3, 0.4) is 0 Å². The van der Waals surface area contributed by atoms with Crippen molar-refractivity contribution in [2.75, 3.05) is 0 Å². The van der Waals surface area contributed by atoms with Crippen LogP contribution >= 0.6 is 0 Å². The summed E-state index contributed by atoms with van der Waals surface area (Å²) in [5.74, 6) is 0. The van der Waals surface area contributed by atoms with Gasteiger partial charge >= 0.3 is 0 Å². The lowest BCUT2D eigenvalue weighted by Gasteiger charge is -1.00. The van der Waals surface area contributed by atoms with E-state index in [1.807, 2.05) is 0 Å². The van der Waals surface area contributed by atoms with E-state index in [1.54, 1.807) is 0 Å². The molecule has 0 fully saturated rings. The highest BCUT2D eigenvalue weighted by molar-refractivity contribution is 5.75. The summed E-state index contributed by atoms with van der Waals surface area (Å²) in [6.45, 7) is 24.0. The summed E-state index contributed by atoms with van der Waals surface area (Å²) < 4.78 is 0. The van der Waals surface area contributed by atoms with Crippen LogP contribution in [0.5, 0.6) is 0 Å². The Morgan fingerprint density at radius 1 is 0.455 bits per heavy atom. The Kier molecular flexibility index (Phi) is 4000. The van der Waals surface area contributed by atoms with Gasteiger partial charge in [-0.15, -0.1) is 52.6 Å².